The molecule has 1 aliphatic rings. The van der Waals surface area contributed by atoms with E-state index in [4.69, 9.17) is 25.5 Å². The number of hydrogen-bond donors (Lipinski definition) is 9. The van der Waals surface area contributed by atoms with Gasteiger partial charge in [-0.25, -0.2) is 9.79 Å². The molecular weight excluding hydrogens is 555 g/mol. The minimum absolute atomic E-state index is 0.0153. The largest absolute Gasteiger partial charge is 0.504 e. The molecule has 40 heavy (non-hydrogen) atoms. The number of aliphatic imine (C=N–C) groups is 1. The summed E-state index contributed by atoms with van der Waals surface area (Å²) in [5, 5.41) is 50.9. The number of phenolic OH excluding ortho intramolecular Hbond substituents is 2. The summed E-state index contributed by atoms with van der Waals surface area (Å²) in [6, 6.07) is 1.50. The second kappa shape index (κ2) is 14.6. The molecule has 222 valence electrons. The maximum atomic E-state index is 12.9. The number of nitrogens with two attached hydrogens (primary N) is 2. The van der Waals surface area contributed by atoms with Gasteiger partial charge in [0.1, 0.15) is 12.2 Å². The van der Waals surface area contributed by atoms with E-state index in [1.807, 2.05) is 0 Å². The van der Waals surface area contributed by atoms with Gasteiger partial charge >= 0.3 is 13.6 Å². The number of nitrogens with one attached hydrogen (secondary N) is 1. The maximum absolute atomic E-state index is 12.9. The van der Waals surface area contributed by atoms with Crippen LogP contribution in [0.3, 0.4) is 0 Å². The lowest BCUT2D eigenvalue weighted by molar-refractivity contribution is -0.137. The first-order valence-corrected chi connectivity index (χ1v) is 13.4. The summed E-state index contributed by atoms with van der Waals surface area (Å²) >= 11 is 0. The highest BCUT2D eigenvalue weighted by molar-refractivity contribution is 7.57. The quantitative estimate of drug-likeness (QED) is 0.0237. The molecule has 1 aromatic carbocycles. The van der Waals surface area contributed by atoms with Gasteiger partial charge in [-0.05, 0) is 29.8 Å². The number of benzene rings is 1. The third kappa shape index (κ3) is 9.51. The van der Waals surface area contributed by atoms with Crippen molar-refractivity contribution in [3.8, 4) is 11.5 Å². The predicted octanol–water partition coefficient (Wildman–Crippen LogP) is -1.65. The highest BCUT2D eigenvalue weighted by Gasteiger charge is 2.46. The lowest BCUT2D eigenvalue weighted by Gasteiger charge is -2.39. The zero-order valence-electron chi connectivity index (χ0n) is 21.4. The molecule has 0 aromatic heterocycles. The van der Waals surface area contributed by atoms with Crippen LogP contribution >= 0.6 is 7.60 Å². The Morgan fingerprint density at radius 1 is 1.23 bits per heavy atom. The monoisotopic (exact) mass is 588 g/mol. The molecule has 1 aliphatic heterocycles. The van der Waals surface area contributed by atoms with Gasteiger partial charge in [-0.15, -0.1) is 0 Å². The summed E-state index contributed by atoms with van der Waals surface area (Å²) in [5.41, 5.74) is 10.6. The molecule has 16 nitrogen and oxygen atoms in total. The second-order valence-corrected chi connectivity index (χ2v) is 10.3. The Morgan fingerprint density at radius 3 is 2.52 bits per heavy atom. The van der Waals surface area contributed by atoms with Crippen LogP contribution in [-0.2, 0) is 28.2 Å². The van der Waals surface area contributed by atoms with Gasteiger partial charge in [0.2, 0.25) is 11.4 Å². The van der Waals surface area contributed by atoms with Crippen molar-refractivity contribution in [1.29, 1.82) is 0 Å². The fraction of sp³-hybridized carbons (Fsp3) is 0.435. The number of ether oxygens (including phenoxy) is 2. The molecule has 17 heteroatoms. The fourth-order valence-corrected chi connectivity index (χ4v) is 4.60. The van der Waals surface area contributed by atoms with Crippen molar-refractivity contribution in [1.82, 2.24) is 5.32 Å². The maximum Gasteiger partial charge on any atom is 0.392 e. The Morgan fingerprint density at radius 2 is 1.93 bits per heavy atom. The van der Waals surface area contributed by atoms with E-state index in [1.165, 1.54) is 24.3 Å². The number of aliphatic hydroxyl groups is 3. The van der Waals surface area contributed by atoms with Gasteiger partial charge in [0, 0.05) is 19.4 Å². The Labute approximate surface area is 228 Å². The Balaban J connectivity index is 2.04. The number of phenols is 2. The average molecular weight is 589 g/mol. The number of hydrogen-bond acceptors (Lipinski definition) is 12. The molecule has 1 heterocycles. The van der Waals surface area contributed by atoms with Crippen molar-refractivity contribution < 1.29 is 58.6 Å². The number of nitrogens with zero attached hydrogens (tertiary/aromatic N) is 1. The molecule has 11 N–H and O–H groups in total. The van der Waals surface area contributed by atoms with Crippen LogP contribution in [0, 0.1) is 0 Å². The van der Waals surface area contributed by atoms with Crippen LogP contribution in [0.15, 0.2) is 40.8 Å². The topological polar surface area (TPSA) is 277 Å². The van der Waals surface area contributed by atoms with Crippen LogP contribution in [0.25, 0.3) is 6.08 Å². The smallest absolute Gasteiger partial charge is 0.392 e. The number of carbonyl (C=O) groups excluding carboxylic acids is 2. The molecule has 2 rings (SSSR count). The third-order valence-electron chi connectivity index (χ3n) is 5.37. The van der Waals surface area contributed by atoms with E-state index in [9.17, 15) is 44.6 Å². The summed E-state index contributed by atoms with van der Waals surface area (Å²) in [5.74, 6) is -2.48. The van der Waals surface area contributed by atoms with E-state index in [2.05, 4.69) is 10.3 Å². The van der Waals surface area contributed by atoms with E-state index in [0.717, 1.165) is 19.1 Å². The molecule has 0 fully saturated rings. The van der Waals surface area contributed by atoms with E-state index in [1.54, 1.807) is 0 Å². The van der Waals surface area contributed by atoms with Gasteiger partial charge in [-0.1, -0.05) is 6.07 Å². The van der Waals surface area contributed by atoms with Crippen LogP contribution < -0.4 is 16.8 Å². The number of aliphatic hydroxyl groups excluding tert-OH is 3. The summed E-state index contributed by atoms with van der Waals surface area (Å²) in [4.78, 5) is 38.0. The first-order valence-electron chi connectivity index (χ1n) is 11.8. The number of guanidine groups is 1. The normalized spacial score (nSPS) is 21.8. The molecule has 0 spiro atoms. The number of carbonyl (C=O) groups is 2. The minimum atomic E-state index is -4.73. The molecular formula is C23H33N4O12P. The molecule has 1 aromatic rings. The van der Waals surface area contributed by atoms with Crippen LogP contribution in [0.1, 0.15) is 18.9 Å². The summed E-state index contributed by atoms with van der Waals surface area (Å²) < 4.78 is 28.4. The standard InChI is InChI=1S/C23H33N4O12P/c1-12(29)26-20-14(27-23(24)25)10-19(39-22(20)21(34)17(32)11-28)40(35,36)38-8-2-7-37-18(33)6-4-13-3-5-15(30)16(31)9-13/h3-6,9-10,14,17,20-22,28,30-32,34H,2,7-8,11H2,1H3,(H,26,29)(H,35,36)(H4,24,25,27)/b6-4+/t14-,17+,20+,21+,22+/m0/s1. The first kappa shape index (κ1) is 32.6. The lowest BCUT2D eigenvalue weighted by Crippen LogP contribution is -2.59. The predicted molar refractivity (Wildman–Crippen MR) is 139 cm³/mol. The second-order valence-electron chi connectivity index (χ2n) is 8.55. The molecule has 1 amide bonds. The van der Waals surface area contributed by atoms with Gasteiger partial charge in [-0.2, -0.15) is 0 Å². The van der Waals surface area contributed by atoms with E-state index >= 15 is 0 Å². The summed E-state index contributed by atoms with van der Waals surface area (Å²) in [6.07, 6.45) is -1.76. The van der Waals surface area contributed by atoms with Crippen LogP contribution in [0.2, 0.25) is 0 Å². The first-order chi connectivity index (χ1) is 18.7. The Kier molecular flexibility index (Phi) is 11.9. The van der Waals surface area contributed by atoms with Crippen molar-refractivity contribution in [2.24, 2.45) is 16.5 Å². The van der Waals surface area contributed by atoms with Gasteiger partial charge < -0.3 is 61.2 Å². The van der Waals surface area contributed by atoms with Crippen molar-refractivity contribution in [2.45, 2.75) is 43.7 Å². The van der Waals surface area contributed by atoms with Crippen LogP contribution in [0.5, 0.6) is 11.5 Å². The summed E-state index contributed by atoms with van der Waals surface area (Å²) in [7, 11) is -4.73. The molecule has 0 aliphatic carbocycles. The highest BCUT2D eigenvalue weighted by atomic mass is 31.2. The van der Waals surface area contributed by atoms with E-state index < -0.39 is 67.9 Å². The highest BCUT2D eigenvalue weighted by Crippen LogP contribution is 2.53. The van der Waals surface area contributed by atoms with Gasteiger partial charge in [0.25, 0.3) is 0 Å². The fourth-order valence-electron chi connectivity index (χ4n) is 3.50. The van der Waals surface area contributed by atoms with E-state index in [-0.39, 0.29) is 31.1 Å². The number of amides is 1. The zero-order valence-corrected chi connectivity index (χ0v) is 22.3. The average Bonchev–Trinajstić information content (AvgIpc) is 2.88. The summed E-state index contributed by atoms with van der Waals surface area (Å²) in [6.45, 7) is -0.321. The van der Waals surface area contributed by atoms with Crippen molar-refractivity contribution >= 4 is 31.5 Å². The van der Waals surface area contributed by atoms with Crippen molar-refractivity contribution in [2.75, 3.05) is 19.8 Å². The lowest BCUT2D eigenvalue weighted by atomic mass is 9.93. The van der Waals surface area contributed by atoms with E-state index in [0.29, 0.717) is 5.56 Å². The number of esters is 1. The van der Waals surface area contributed by atoms with Crippen molar-refractivity contribution in [3.05, 3.63) is 41.4 Å². The van der Waals surface area contributed by atoms with Gasteiger partial charge in [-0.3, -0.25) is 9.36 Å². The van der Waals surface area contributed by atoms with Crippen LogP contribution in [0.4, 0.5) is 0 Å². The zero-order chi connectivity index (χ0) is 30.0. The van der Waals surface area contributed by atoms with Gasteiger partial charge in [0.05, 0.1) is 31.9 Å². The number of rotatable bonds is 13. The van der Waals surface area contributed by atoms with Gasteiger partial charge in [0.15, 0.2) is 23.6 Å². The number of aromatic hydroxyl groups is 2. The molecule has 0 saturated heterocycles. The molecule has 6 atom stereocenters. The Bertz CT molecular complexity index is 1190. The SMILES string of the molecule is CC(=O)N[C@H]1[C@H]([C@H](O)[C@H](O)CO)OC(P(=O)(O)OCCCOC(=O)/C=C/c2ccc(O)c(O)c2)=C[C@@H]1N=C(N)N. The molecule has 0 saturated carbocycles. The minimum Gasteiger partial charge on any atom is -0.504 e. The molecule has 1 unspecified atom stereocenters. The third-order valence-corrected chi connectivity index (χ3v) is 6.71. The van der Waals surface area contributed by atoms with Crippen molar-refractivity contribution in [3.63, 3.8) is 0 Å². The molecule has 0 bridgehead atoms. The Hall–Kier alpha value is -3.66. The molecule has 0 radical (unpaired) electrons. The van der Waals surface area contributed by atoms with Crippen LogP contribution in [-0.4, -0.2) is 98.5 Å².